The van der Waals surface area contributed by atoms with Gasteiger partial charge in [-0.15, -0.1) is 5.10 Å². The van der Waals surface area contributed by atoms with E-state index in [0.29, 0.717) is 17.7 Å². The van der Waals surface area contributed by atoms with E-state index in [-0.39, 0.29) is 5.91 Å². The van der Waals surface area contributed by atoms with Crippen LogP contribution in [0.25, 0.3) is 0 Å². The lowest BCUT2D eigenvalue weighted by Gasteiger charge is -2.26. The molecule has 2 saturated heterocycles. The summed E-state index contributed by atoms with van der Waals surface area (Å²) in [6.45, 7) is 2.57. The molecule has 1 aromatic heterocycles. The molecule has 1 aromatic rings. The number of nitrogens with one attached hydrogen (secondary N) is 2. The molecule has 19 heavy (non-hydrogen) atoms. The third-order valence-electron chi connectivity index (χ3n) is 3.77. The topological polar surface area (TPSA) is 71.8 Å². The zero-order chi connectivity index (χ0) is 13.1. The van der Waals surface area contributed by atoms with Crippen LogP contribution in [0.15, 0.2) is 6.20 Å². The third kappa shape index (κ3) is 3.09. The van der Waals surface area contributed by atoms with Crippen molar-refractivity contribution in [1.82, 2.24) is 25.6 Å². The van der Waals surface area contributed by atoms with Crippen molar-refractivity contribution in [3.63, 3.8) is 0 Å². The Morgan fingerprint density at radius 1 is 1.47 bits per heavy atom. The molecule has 2 aliphatic rings. The van der Waals surface area contributed by atoms with Gasteiger partial charge in [0.1, 0.15) is 0 Å². The SMILES string of the molecule is O=C(NCC1CCSCC1)c1cn(C2CNC2)nn1. The molecule has 3 heterocycles. The van der Waals surface area contributed by atoms with Crippen LogP contribution in [0.4, 0.5) is 0 Å². The Kier molecular flexibility index (Phi) is 4.03. The molecule has 0 atom stereocenters. The predicted octanol–water partition coefficient (Wildman–Crippen LogP) is 0.295. The molecule has 1 amide bonds. The van der Waals surface area contributed by atoms with Crippen LogP contribution in [0, 0.1) is 5.92 Å². The molecule has 0 unspecified atom stereocenters. The van der Waals surface area contributed by atoms with Crippen LogP contribution in [0.3, 0.4) is 0 Å². The normalized spacial score (nSPS) is 21.1. The average Bonchev–Trinajstić information content (AvgIpc) is 2.84. The van der Waals surface area contributed by atoms with Crippen LogP contribution in [0.5, 0.6) is 0 Å². The minimum atomic E-state index is -0.100. The number of rotatable bonds is 4. The van der Waals surface area contributed by atoms with Gasteiger partial charge >= 0.3 is 0 Å². The number of carbonyl (C=O) groups excluding carboxylic acids is 1. The third-order valence-corrected chi connectivity index (χ3v) is 4.82. The van der Waals surface area contributed by atoms with Crippen molar-refractivity contribution >= 4 is 17.7 Å². The van der Waals surface area contributed by atoms with E-state index < -0.39 is 0 Å². The molecule has 2 aliphatic heterocycles. The summed E-state index contributed by atoms with van der Waals surface area (Å²) in [6, 6.07) is 0.351. The van der Waals surface area contributed by atoms with E-state index >= 15 is 0 Å². The number of aromatic nitrogens is 3. The summed E-state index contributed by atoms with van der Waals surface area (Å²) in [5.74, 6) is 2.95. The molecule has 3 rings (SSSR count). The number of hydrogen-bond acceptors (Lipinski definition) is 5. The van der Waals surface area contributed by atoms with Gasteiger partial charge in [0.25, 0.3) is 5.91 Å². The van der Waals surface area contributed by atoms with Gasteiger partial charge in [0.05, 0.1) is 12.2 Å². The molecule has 0 radical (unpaired) electrons. The Labute approximate surface area is 116 Å². The van der Waals surface area contributed by atoms with Crippen molar-refractivity contribution in [2.75, 3.05) is 31.1 Å². The van der Waals surface area contributed by atoms with Crippen molar-refractivity contribution in [3.8, 4) is 0 Å². The highest BCUT2D eigenvalue weighted by molar-refractivity contribution is 7.99. The summed E-state index contributed by atoms with van der Waals surface area (Å²) in [4.78, 5) is 12.0. The fraction of sp³-hybridized carbons (Fsp3) is 0.750. The maximum absolute atomic E-state index is 12.0. The molecule has 0 aromatic carbocycles. The van der Waals surface area contributed by atoms with E-state index in [2.05, 4.69) is 20.9 Å². The molecule has 0 bridgehead atoms. The molecule has 0 aliphatic carbocycles. The Hall–Kier alpha value is -1.08. The second-order valence-electron chi connectivity index (χ2n) is 5.16. The summed E-state index contributed by atoms with van der Waals surface area (Å²) in [5.41, 5.74) is 0.428. The fourth-order valence-corrected chi connectivity index (χ4v) is 3.50. The predicted molar refractivity (Wildman–Crippen MR) is 74.3 cm³/mol. The summed E-state index contributed by atoms with van der Waals surface area (Å²) < 4.78 is 1.78. The summed E-state index contributed by atoms with van der Waals surface area (Å²) in [6.07, 6.45) is 4.15. The quantitative estimate of drug-likeness (QED) is 0.830. The lowest BCUT2D eigenvalue weighted by atomic mass is 10.0. The van der Waals surface area contributed by atoms with Gasteiger partial charge in [-0.3, -0.25) is 4.79 Å². The molecule has 104 valence electrons. The molecular formula is C12H19N5OS. The minimum Gasteiger partial charge on any atom is -0.350 e. The Balaban J connectivity index is 1.50. The van der Waals surface area contributed by atoms with Crippen molar-refractivity contribution in [1.29, 1.82) is 0 Å². The highest BCUT2D eigenvalue weighted by atomic mass is 32.2. The first-order valence-electron chi connectivity index (χ1n) is 6.81. The number of thioether (sulfide) groups is 1. The van der Waals surface area contributed by atoms with Gasteiger partial charge in [-0.05, 0) is 30.3 Å². The van der Waals surface area contributed by atoms with Gasteiger partial charge in [-0.25, -0.2) is 4.68 Å². The lowest BCUT2D eigenvalue weighted by molar-refractivity contribution is 0.0941. The first-order valence-corrected chi connectivity index (χ1v) is 7.97. The van der Waals surface area contributed by atoms with E-state index in [4.69, 9.17) is 0 Å². The van der Waals surface area contributed by atoms with Crippen molar-refractivity contribution in [2.45, 2.75) is 18.9 Å². The number of carbonyl (C=O) groups is 1. The van der Waals surface area contributed by atoms with Gasteiger partial charge in [0.15, 0.2) is 5.69 Å². The highest BCUT2D eigenvalue weighted by Crippen LogP contribution is 2.21. The van der Waals surface area contributed by atoms with Crippen LogP contribution in [-0.2, 0) is 0 Å². The fourth-order valence-electron chi connectivity index (χ4n) is 2.30. The molecular weight excluding hydrogens is 262 g/mol. The molecule has 2 N–H and O–H groups in total. The maximum Gasteiger partial charge on any atom is 0.273 e. The van der Waals surface area contributed by atoms with Gasteiger partial charge in [-0.1, -0.05) is 5.21 Å². The Morgan fingerprint density at radius 3 is 2.95 bits per heavy atom. The molecule has 6 nitrogen and oxygen atoms in total. The standard InChI is InChI=1S/C12H19N5OS/c18-12(14-5-9-1-3-19-4-2-9)11-8-17(16-15-11)10-6-13-7-10/h8-10,13H,1-7H2,(H,14,18). The molecule has 0 saturated carbocycles. The van der Waals surface area contributed by atoms with E-state index in [9.17, 15) is 4.79 Å². The zero-order valence-electron chi connectivity index (χ0n) is 10.8. The van der Waals surface area contributed by atoms with E-state index in [0.717, 1.165) is 19.6 Å². The second kappa shape index (κ2) is 5.92. The van der Waals surface area contributed by atoms with Gasteiger partial charge in [-0.2, -0.15) is 11.8 Å². The van der Waals surface area contributed by atoms with E-state index in [1.807, 2.05) is 11.8 Å². The molecule has 7 heteroatoms. The largest absolute Gasteiger partial charge is 0.350 e. The monoisotopic (exact) mass is 281 g/mol. The van der Waals surface area contributed by atoms with Crippen molar-refractivity contribution in [3.05, 3.63) is 11.9 Å². The van der Waals surface area contributed by atoms with Crippen LogP contribution < -0.4 is 10.6 Å². The van der Waals surface area contributed by atoms with Crippen molar-refractivity contribution in [2.24, 2.45) is 5.92 Å². The Bertz CT molecular complexity index is 439. The van der Waals surface area contributed by atoms with Crippen LogP contribution in [0.1, 0.15) is 29.4 Å². The van der Waals surface area contributed by atoms with Gasteiger partial charge in [0.2, 0.25) is 0 Å². The number of amides is 1. The van der Waals surface area contributed by atoms with E-state index in [1.54, 1.807) is 10.9 Å². The summed E-state index contributed by atoms with van der Waals surface area (Å²) in [7, 11) is 0. The smallest absolute Gasteiger partial charge is 0.273 e. The van der Waals surface area contributed by atoms with Crippen LogP contribution >= 0.6 is 11.8 Å². The summed E-state index contributed by atoms with van der Waals surface area (Å²) in [5, 5.41) is 14.1. The van der Waals surface area contributed by atoms with E-state index in [1.165, 1.54) is 24.3 Å². The molecule has 0 spiro atoms. The number of hydrogen-bond donors (Lipinski definition) is 2. The molecule has 2 fully saturated rings. The second-order valence-corrected chi connectivity index (χ2v) is 6.39. The lowest BCUT2D eigenvalue weighted by Crippen LogP contribution is -2.43. The Morgan fingerprint density at radius 2 is 2.26 bits per heavy atom. The maximum atomic E-state index is 12.0. The minimum absolute atomic E-state index is 0.100. The first kappa shape index (κ1) is 12.9. The summed E-state index contributed by atoms with van der Waals surface area (Å²) >= 11 is 2.00. The number of nitrogens with zero attached hydrogens (tertiary/aromatic N) is 3. The van der Waals surface area contributed by atoms with Crippen LogP contribution in [0.2, 0.25) is 0 Å². The van der Waals surface area contributed by atoms with Gasteiger partial charge in [0, 0.05) is 19.6 Å². The van der Waals surface area contributed by atoms with Gasteiger partial charge < -0.3 is 10.6 Å². The zero-order valence-corrected chi connectivity index (χ0v) is 11.7. The first-order chi connectivity index (χ1) is 9.33. The highest BCUT2D eigenvalue weighted by Gasteiger charge is 2.22. The average molecular weight is 281 g/mol. The van der Waals surface area contributed by atoms with Crippen LogP contribution in [-0.4, -0.2) is 52.0 Å². The van der Waals surface area contributed by atoms with Crippen molar-refractivity contribution < 1.29 is 4.79 Å².